The van der Waals surface area contributed by atoms with E-state index in [0.29, 0.717) is 38.2 Å². The molecule has 2 aliphatic rings. The van der Waals surface area contributed by atoms with Gasteiger partial charge in [-0.05, 0) is 31.9 Å². The third kappa shape index (κ3) is 3.16. The predicted octanol–water partition coefficient (Wildman–Crippen LogP) is 1.34. The van der Waals surface area contributed by atoms with Gasteiger partial charge < -0.3 is 19.3 Å². The van der Waals surface area contributed by atoms with Crippen molar-refractivity contribution in [1.29, 1.82) is 0 Å². The van der Waals surface area contributed by atoms with E-state index in [9.17, 15) is 19.5 Å². The summed E-state index contributed by atoms with van der Waals surface area (Å²) in [5.41, 5.74) is -0.898. The first-order valence-electron chi connectivity index (χ1n) is 8.21. The van der Waals surface area contributed by atoms with E-state index in [4.69, 9.17) is 4.42 Å². The van der Waals surface area contributed by atoms with Gasteiger partial charge in [0.05, 0.1) is 24.1 Å². The maximum absolute atomic E-state index is 12.7. The van der Waals surface area contributed by atoms with E-state index >= 15 is 0 Å². The van der Waals surface area contributed by atoms with Gasteiger partial charge in [-0.15, -0.1) is 0 Å². The van der Waals surface area contributed by atoms with Crippen LogP contribution in [-0.4, -0.2) is 52.3 Å². The van der Waals surface area contributed by atoms with Gasteiger partial charge in [-0.3, -0.25) is 14.4 Å². The summed E-state index contributed by atoms with van der Waals surface area (Å²) in [6.07, 6.45) is 2.98. The molecule has 0 bridgehead atoms. The van der Waals surface area contributed by atoms with Crippen LogP contribution in [0.2, 0.25) is 0 Å². The fourth-order valence-electron chi connectivity index (χ4n) is 3.54. The molecular weight excluding hydrogens is 312 g/mol. The Morgan fingerprint density at radius 1 is 1.46 bits per heavy atom. The van der Waals surface area contributed by atoms with Gasteiger partial charge in [0.25, 0.3) is 0 Å². The summed E-state index contributed by atoms with van der Waals surface area (Å²) in [5.74, 6) is -0.765. The number of rotatable bonds is 4. The van der Waals surface area contributed by atoms with E-state index < -0.39 is 17.3 Å². The van der Waals surface area contributed by atoms with Crippen molar-refractivity contribution in [3.63, 3.8) is 0 Å². The number of furan rings is 1. The Labute approximate surface area is 140 Å². The minimum atomic E-state index is -0.898. The lowest BCUT2D eigenvalue weighted by Crippen LogP contribution is -2.50. The predicted molar refractivity (Wildman–Crippen MR) is 83.8 cm³/mol. The number of hydrogen-bond donors (Lipinski definition) is 1. The van der Waals surface area contributed by atoms with Crippen LogP contribution in [0.25, 0.3) is 0 Å². The lowest BCUT2D eigenvalue weighted by atomic mass is 9.81. The maximum atomic E-state index is 12.7. The molecular formula is C17H22N2O5. The lowest BCUT2D eigenvalue weighted by Gasteiger charge is -2.38. The minimum Gasteiger partial charge on any atom is -0.481 e. The number of hydrogen-bond acceptors (Lipinski definition) is 4. The quantitative estimate of drug-likeness (QED) is 0.897. The van der Waals surface area contributed by atoms with Gasteiger partial charge in [0, 0.05) is 26.1 Å². The van der Waals surface area contributed by atoms with Crippen molar-refractivity contribution in [2.75, 3.05) is 19.6 Å². The zero-order valence-corrected chi connectivity index (χ0v) is 13.7. The summed E-state index contributed by atoms with van der Waals surface area (Å²) in [4.78, 5) is 39.6. The Morgan fingerprint density at radius 3 is 2.92 bits per heavy atom. The second-order valence-corrected chi connectivity index (χ2v) is 6.98. The van der Waals surface area contributed by atoms with E-state index in [1.165, 1.54) is 0 Å². The van der Waals surface area contributed by atoms with Crippen LogP contribution in [0, 0.1) is 11.3 Å². The normalized spacial score (nSPS) is 27.5. The Morgan fingerprint density at radius 2 is 2.25 bits per heavy atom. The third-order valence-corrected chi connectivity index (χ3v) is 5.01. The number of carboxylic acid groups (broad SMARTS) is 1. The number of nitrogens with zero attached hydrogens (tertiary/aromatic N) is 2. The lowest BCUT2D eigenvalue weighted by molar-refractivity contribution is -0.154. The molecule has 3 rings (SSSR count). The maximum Gasteiger partial charge on any atom is 0.311 e. The van der Waals surface area contributed by atoms with Gasteiger partial charge in [-0.2, -0.15) is 0 Å². The molecule has 1 aromatic rings. The van der Waals surface area contributed by atoms with Crippen LogP contribution in [0.4, 0.5) is 0 Å². The van der Waals surface area contributed by atoms with Crippen LogP contribution in [0.1, 0.15) is 31.9 Å². The molecule has 1 N–H and O–H groups in total. The van der Waals surface area contributed by atoms with Crippen molar-refractivity contribution in [1.82, 2.24) is 9.80 Å². The molecule has 130 valence electrons. The van der Waals surface area contributed by atoms with Crippen molar-refractivity contribution in [2.24, 2.45) is 11.3 Å². The monoisotopic (exact) mass is 334 g/mol. The number of piperidine rings is 1. The highest BCUT2D eigenvalue weighted by atomic mass is 16.4. The highest BCUT2D eigenvalue weighted by Gasteiger charge is 2.43. The second kappa shape index (κ2) is 6.30. The van der Waals surface area contributed by atoms with E-state index in [1.54, 1.807) is 35.1 Å². The number of carboxylic acids is 1. The molecule has 3 heterocycles. The van der Waals surface area contributed by atoms with Gasteiger partial charge in [0.1, 0.15) is 5.76 Å². The highest BCUT2D eigenvalue weighted by molar-refractivity contribution is 5.89. The average molecular weight is 334 g/mol. The minimum absolute atomic E-state index is 0.0669. The largest absolute Gasteiger partial charge is 0.481 e. The smallest absolute Gasteiger partial charge is 0.311 e. The van der Waals surface area contributed by atoms with Crippen LogP contribution >= 0.6 is 0 Å². The summed E-state index contributed by atoms with van der Waals surface area (Å²) in [5, 5.41) is 9.38. The van der Waals surface area contributed by atoms with Crippen molar-refractivity contribution in [3.8, 4) is 0 Å². The zero-order valence-electron chi connectivity index (χ0n) is 13.7. The first-order valence-corrected chi connectivity index (χ1v) is 8.21. The Balaban J connectivity index is 1.63. The van der Waals surface area contributed by atoms with Gasteiger partial charge in [0.15, 0.2) is 0 Å². The van der Waals surface area contributed by atoms with Gasteiger partial charge in [0.2, 0.25) is 11.8 Å². The van der Waals surface area contributed by atoms with Crippen LogP contribution in [0.5, 0.6) is 0 Å². The third-order valence-electron chi connectivity index (χ3n) is 5.01. The van der Waals surface area contributed by atoms with Gasteiger partial charge >= 0.3 is 5.97 Å². The van der Waals surface area contributed by atoms with E-state index in [0.717, 1.165) is 0 Å². The summed E-state index contributed by atoms with van der Waals surface area (Å²) >= 11 is 0. The van der Waals surface area contributed by atoms with Gasteiger partial charge in [-0.25, -0.2) is 0 Å². The molecule has 2 unspecified atom stereocenters. The first-order chi connectivity index (χ1) is 11.4. The molecule has 7 nitrogen and oxygen atoms in total. The van der Waals surface area contributed by atoms with E-state index in [-0.39, 0.29) is 24.8 Å². The summed E-state index contributed by atoms with van der Waals surface area (Å²) in [6, 6.07) is 3.56. The molecule has 0 saturated carbocycles. The zero-order chi connectivity index (χ0) is 17.3. The molecule has 0 aromatic carbocycles. The number of carbonyl (C=O) groups excluding carboxylic acids is 2. The first kappa shape index (κ1) is 16.5. The van der Waals surface area contributed by atoms with Crippen LogP contribution in [0.3, 0.4) is 0 Å². The van der Waals surface area contributed by atoms with Crippen LogP contribution in [0.15, 0.2) is 22.8 Å². The topological polar surface area (TPSA) is 91.1 Å². The number of amides is 2. The molecule has 1 aromatic heterocycles. The van der Waals surface area contributed by atoms with Crippen molar-refractivity contribution in [3.05, 3.63) is 24.2 Å². The SMILES string of the molecule is CC1(C(=O)O)CCCN(C(=O)C2CC(=O)N(Cc3ccco3)C2)C1. The number of carbonyl (C=O) groups is 3. The standard InChI is InChI=1S/C17H22N2O5/c1-17(16(22)23)5-3-6-18(11-17)15(21)12-8-14(20)19(9-12)10-13-4-2-7-24-13/h2,4,7,12H,3,5-6,8-11H2,1H3,(H,22,23). The van der Waals surface area contributed by atoms with Gasteiger partial charge in [-0.1, -0.05) is 0 Å². The van der Waals surface area contributed by atoms with E-state index in [2.05, 4.69) is 0 Å². The summed E-state index contributed by atoms with van der Waals surface area (Å²) in [7, 11) is 0. The average Bonchev–Trinajstić information content (AvgIpc) is 3.17. The van der Waals surface area contributed by atoms with Crippen LogP contribution < -0.4 is 0 Å². The fraction of sp³-hybridized carbons (Fsp3) is 0.588. The number of likely N-dealkylation sites (tertiary alicyclic amines) is 2. The van der Waals surface area contributed by atoms with E-state index in [1.807, 2.05) is 0 Å². The Hall–Kier alpha value is -2.31. The molecule has 2 aliphatic heterocycles. The molecule has 2 amide bonds. The molecule has 2 atom stereocenters. The molecule has 0 spiro atoms. The van der Waals surface area contributed by atoms with Crippen LogP contribution in [-0.2, 0) is 20.9 Å². The number of aliphatic carboxylic acids is 1. The molecule has 0 radical (unpaired) electrons. The Kier molecular flexibility index (Phi) is 4.34. The van der Waals surface area contributed by atoms with Crippen molar-refractivity contribution >= 4 is 17.8 Å². The fourth-order valence-corrected chi connectivity index (χ4v) is 3.54. The molecule has 24 heavy (non-hydrogen) atoms. The molecule has 7 heteroatoms. The van der Waals surface area contributed by atoms with Crippen molar-refractivity contribution < 1.29 is 23.9 Å². The highest BCUT2D eigenvalue weighted by Crippen LogP contribution is 2.32. The molecule has 2 saturated heterocycles. The summed E-state index contributed by atoms with van der Waals surface area (Å²) < 4.78 is 5.25. The van der Waals surface area contributed by atoms with Crippen molar-refractivity contribution in [2.45, 2.75) is 32.7 Å². The Bertz CT molecular complexity index is 641. The molecule has 2 fully saturated rings. The summed E-state index contributed by atoms with van der Waals surface area (Å²) in [6.45, 7) is 3.17. The second-order valence-electron chi connectivity index (χ2n) is 6.98. The molecule has 0 aliphatic carbocycles.